The van der Waals surface area contributed by atoms with E-state index in [1.807, 2.05) is 0 Å². The maximum Gasteiger partial charge on any atom is 0.325 e. The third-order valence-electron chi connectivity index (χ3n) is 2.40. The SMILES string of the molecule is CCNC(=O)c1csc(NC(=O)Nc2ccc(F)cc2)n1. The number of amides is 3. The van der Waals surface area contributed by atoms with Crippen molar-refractivity contribution < 1.29 is 14.0 Å². The van der Waals surface area contributed by atoms with Gasteiger partial charge in [-0.1, -0.05) is 0 Å². The van der Waals surface area contributed by atoms with Crippen LogP contribution in [0.5, 0.6) is 0 Å². The molecule has 0 fully saturated rings. The van der Waals surface area contributed by atoms with Crippen molar-refractivity contribution in [3.05, 3.63) is 41.2 Å². The van der Waals surface area contributed by atoms with Crippen molar-refractivity contribution in [1.29, 1.82) is 0 Å². The second kappa shape index (κ2) is 6.80. The van der Waals surface area contributed by atoms with Crippen LogP contribution >= 0.6 is 11.3 Å². The first-order valence-corrected chi connectivity index (χ1v) is 7.03. The Bertz CT molecular complexity index is 642. The van der Waals surface area contributed by atoms with Gasteiger partial charge in [-0.25, -0.2) is 14.2 Å². The summed E-state index contributed by atoms with van der Waals surface area (Å²) in [4.78, 5) is 27.3. The minimum atomic E-state index is -0.515. The van der Waals surface area contributed by atoms with Crippen LogP contribution in [-0.2, 0) is 0 Å². The number of halogens is 1. The van der Waals surface area contributed by atoms with E-state index in [-0.39, 0.29) is 17.4 Å². The molecule has 0 saturated heterocycles. The van der Waals surface area contributed by atoms with Gasteiger partial charge in [0.15, 0.2) is 5.13 Å². The zero-order valence-electron chi connectivity index (χ0n) is 11.1. The second-order valence-corrected chi connectivity index (χ2v) is 4.84. The van der Waals surface area contributed by atoms with E-state index in [0.717, 1.165) is 11.3 Å². The van der Waals surface area contributed by atoms with Crippen molar-refractivity contribution in [3.63, 3.8) is 0 Å². The van der Waals surface area contributed by atoms with Gasteiger partial charge in [0.05, 0.1) is 0 Å². The molecule has 2 rings (SSSR count). The van der Waals surface area contributed by atoms with Crippen LogP contribution in [0.25, 0.3) is 0 Å². The molecular weight excluding hydrogens is 295 g/mol. The minimum Gasteiger partial charge on any atom is -0.351 e. The Balaban J connectivity index is 1.93. The molecule has 8 heteroatoms. The molecule has 0 aliphatic rings. The van der Waals surface area contributed by atoms with Crippen molar-refractivity contribution in [2.75, 3.05) is 17.2 Å². The van der Waals surface area contributed by atoms with E-state index in [0.29, 0.717) is 17.4 Å². The van der Waals surface area contributed by atoms with E-state index >= 15 is 0 Å². The molecule has 1 heterocycles. The van der Waals surface area contributed by atoms with Crippen molar-refractivity contribution in [1.82, 2.24) is 10.3 Å². The lowest BCUT2D eigenvalue weighted by atomic mass is 10.3. The smallest absolute Gasteiger partial charge is 0.325 e. The molecule has 0 unspecified atom stereocenters. The molecule has 2 aromatic rings. The lowest BCUT2D eigenvalue weighted by Gasteiger charge is -2.04. The van der Waals surface area contributed by atoms with E-state index in [9.17, 15) is 14.0 Å². The van der Waals surface area contributed by atoms with Gasteiger partial charge in [0.25, 0.3) is 5.91 Å². The lowest BCUT2D eigenvalue weighted by Crippen LogP contribution is -2.23. The number of hydrogen-bond donors (Lipinski definition) is 3. The van der Waals surface area contributed by atoms with Gasteiger partial charge in [-0.15, -0.1) is 11.3 Å². The summed E-state index contributed by atoms with van der Waals surface area (Å²) >= 11 is 1.14. The molecular formula is C13H13FN4O2S. The number of aromatic nitrogens is 1. The number of anilines is 2. The fraction of sp³-hybridized carbons (Fsp3) is 0.154. The number of nitrogens with zero attached hydrogens (tertiary/aromatic N) is 1. The molecule has 0 radical (unpaired) electrons. The summed E-state index contributed by atoms with van der Waals surface area (Å²) < 4.78 is 12.7. The third-order valence-corrected chi connectivity index (χ3v) is 3.15. The van der Waals surface area contributed by atoms with Gasteiger partial charge in [0.1, 0.15) is 11.5 Å². The predicted octanol–water partition coefficient (Wildman–Crippen LogP) is 2.68. The Hall–Kier alpha value is -2.48. The van der Waals surface area contributed by atoms with Gasteiger partial charge in [-0.05, 0) is 31.2 Å². The van der Waals surface area contributed by atoms with Crippen molar-refractivity contribution in [2.24, 2.45) is 0 Å². The number of carbonyl (C=O) groups excluding carboxylic acids is 2. The molecule has 0 aliphatic heterocycles. The Kier molecular flexibility index (Phi) is 4.83. The summed E-state index contributed by atoms with van der Waals surface area (Å²) in [6.45, 7) is 2.31. The number of hydrogen-bond acceptors (Lipinski definition) is 4. The standard InChI is InChI=1S/C13H13FN4O2S/c1-2-15-11(19)10-7-21-13(17-10)18-12(20)16-9-5-3-8(14)4-6-9/h3-7H,2H2,1H3,(H,15,19)(H2,16,17,18,20). The van der Waals surface area contributed by atoms with E-state index in [1.54, 1.807) is 12.3 Å². The topological polar surface area (TPSA) is 83.1 Å². The number of carbonyl (C=O) groups is 2. The Morgan fingerprint density at radius 1 is 1.24 bits per heavy atom. The summed E-state index contributed by atoms with van der Waals surface area (Å²) in [5.74, 6) is -0.673. The van der Waals surface area contributed by atoms with E-state index in [1.165, 1.54) is 24.3 Å². The molecule has 0 atom stereocenters. The zero-order chi connectivity index (χ0) is 15.2. The van der Waals surface area contributed by atoms with Crippen molar-refractivity contribution in [3.8, 4) is 0 Å². The molecule has 3 amide bonds. The lowest BCUT2D eigenvalue weighted by molar-refractivity contribution is 0.0951. The highest BCUT2D eigenvalue weighted by Gasteiger charge is 2.11. The van der Waals surface area contributed by atoms with Crippen molar-refractivity contribution in [2.45, 2.75) is 6.92 Å². The Morgan fingerprint density at radius 3 is 2.62 bits per heavy atom. The summed E-state index contributed by atoms with van der Waals surface area (Å²) in [5.41, 5.74) is 0.702. The second-order valence-electron chi connectivity index (χ2n) is 3.98. The van der Waals surface area contributed by atoms with Gasteiger partial charge >= 0.3 is 6.03 Å². The maximum absolute atomic E-state index is 12.7. The highest BCUT2D eigenvalue weighted by Crippen LogP contribution is 2.16. The number of urea groups is 1. The first kappa shape index (κ1) is 14.9. The van der Waals surface area contributed by atoms with Crippen LogP contribution in [0.1, 0.15) is 17.4 Å². The van der Waals surface area contributed by atoms with Gasteiger partial charge in [-0.3, -0.25) is 10.1 Å². The van der Waals surface area contributed by atoms with Crippen LogP contribution in [0, 0.1) is 5.82 Å². The molecule has 6 nitrogen and oxygen atoms in total. The van der Waals surface area contributed by atoms with E-state index in [4.69, 9.17) is 0 Å². The Morgan fingerprint density at radius 2 is 1.95 bits per heavy atom. The highest BCUT2D eigenvalue weighted by atomic mass is 32.1. The van der Waals surface area contributed by atoms with Crippen LogP contribution in [0.3, 0.4) is 0 Å². The maximum atomic E-state index is 12.7. The molecule has 0 bridgehead atoms. The van der Waals surface area contributed by atoms with Gasteiger partial charge in [0.2, 0.25) is 0 Å². The van der Waals surface area contributed by atoms with Crippen LogP contribution in [0.15, 0.2) is 29.6 Å². The summed E-state index contributed by atoms with van der Waals surface area (Å²) in [5, 5.41) is 9.51. The number of benzene rings is 1. The van der Waals surface area contributed by atoms with Crippen molar-refractivity contribution >= 4 is 34.1 Å². The normalized spacial score (nSPS) is 10.0. The fourth-order valence-electron chi connectivity index (χ4n) is 1.48. The summed E-state index contributed by atoms with van der Waals surface area (Å²) in [7, 11) is 0. The summed E-state index contributed by atoms with van der Waals surface area (Å²) in [6, 6.07) is 4.85. The largest absolute Gasteiger partial charge is 0.351 e. The molecule has 1 aromatic heterocycles. The molecule has 1 aromatic carbocycles. The van der Waals surface area contributed by atoms with Gasteiger partial charge in [0, 0.05) is 17.6 Å². The average molecular weight is 308 g/mol. The number of nitrogens with one attached hydrogen (secondary N) is 3. The molecule has 0 spiro atoms. The third kappa shape index (κ3) is 4.25. The average Bonchev–Trinajstić information content (AvgIpc) is 2.90. The fourth-order valence-corrected chi connectivity index (χ4v) is 2.16. The van der Waals surface area contributed by atoms with Gasteiger partial charge in [-0.2, -0.15) is 0 Å². The molecule has 0 saturated carbocycles. The first-order chi connectivity index (χ1) is 10.1. The molecule has 110 valence electrons. The number of rotatable bonds is 4. The molecule has 3 N–H and O–H groups in total. The quantitative estimate of drug-likeness (QED) is 0.812. The monoisotopic (exact) mass is 308 g/mol. The van der Waals surface area contributed by atoms with Crippen LogP contribution in [-0.4, -0.2) is 23.5 Å². The minimum absolute atomic E-state index is 0.249. The Labute approximate surface area is 124 Å². The zero-order valence-corrected chi connectivity index (χ0v) is 12.0. The van der Waals surface area contributed by atoms with E-state index < -0.39 is 6.03 Å². The van der Waals surface area contributed by atoms with E-state index in [2.05, 4.69) is 20.9 Å². The number of thiazole rings is 1. The summed E-state index contributed by atoms with van der Waals surface area (Å²) in [6.07, 6.45) is 0. The predicted molar refractivity (Wildman–Crippen MR) is 79.2 cm³/mol. The van der Waals surface area contributed by atoms with Gasteiger partial charge < -0.3 is 10.6 Å². The molecule has 21 heavy (non-hydrogen) atoms. The highest BCUT2D eigenvalue weighted by molar-refractivity contribution is 7.14. The van der Waals surface area contributed by atoms with Crippen LogP contribution < -0.4 is 16.0 Å². The van der Waals surface area contributed by atoms with Crippen LogP contribution in [0.4, 0.5) is 20.0 Å². The first-order valence-electron chi connectivity index (χ1n) is 6.15. The van der Waals surface area contributed by atoms with Crippen LogP contribution in [0.2, 0.25) is 0 Å². The molecule has 0 aliphatic carbocycles.